The number of nitrogens with zero attached hydrogens (tertiary/aromatic N) is 1. The lowest BCUT2D eigenvalue weighted by Gasteiger charge is -2.19. The van der Waals surface area contributed by atoms with Crippen LogP contribution in [-0.4, -0.2) is 13.5 Å². The molecule has 148 valence electrons. The van der Waals surface area contributed by atoms with E-state index < -0.39 is 16.1 Å². The van der Waals surface area contributed by atoms with Crippen LogP contribution in [-0.2, 0) is 23.2 Å². The van der Waals surface area contributed by atoms with Crippen molar-refractivity contribution in [2.45, 2.75) is 13.0 Å². The normalized spacial score (nSPS) is 14.9. The van der Waals surface area contributed by atoms with Gasteiger partial charge in [-0.1, -0.05) is 66.7 Å². The average molecular weight is 408 g/mol. The Bertz CT molecular complexity index is 1130. The van der Waals surface area contributed by atoms with Crippen molar-refractivity contribution in [2.75, 3.05) is 4.31 Å². The summed E-state index contributed by atoms with van der Waals surface area (Å²) in [5, 5.41) is 9.63. The van der Waals surface area contributed by atoms with E-state index in [2.05, 4.69) is 4.72 Å². The van der Waals surface area contributed by atoms with E-state index in [-0.39, 0.29) is 0 Å². The van der Waals surface area contributed by atoms with Crippen LogP contribution >= 0.6 is 0 Å². The van der Waals surface area contributed by atoms with Gasteiger partial charge >= 0.3 is 10.2 Å². The molecule has 1 aliphatic rings. The van der Waals surface area contributed by atoms with Gasteiger partial charge in [0.2, 0.25) is 5.88 Å². The number of hydrogen-bond acceptors (Lipinski definition) is 4. The Morgan fingerprint density at radius 3 is 2.14 bits per heavy atom. The van der Waals surface area contributed by atoms with Gasteiger partial charge in [-0.05, 0) is 35.2 Å². The van der Waals surface area contributed by atoms with Crippen LogP contribution in [0.15, 0.2) is 90.9 Å². The van der Waals surface area contributed by atoms with Gasteiger partial charge in [0.15, 0.2) is 0 Å². The monoisotopic (exact) mass is 408 g/mol. The molecule has 1 aliphatic heterocycles. The zero-order valence-electron chi connectivity index (χ0n) is 15.5. The first-order chi connectivity index (χ1) is 14.0. The van der Waals surface area contributed by atoms with E-state index in [9.17, 15) is 13.5 Å². The van der Waals surface area contributed by atoms with Crippen molar-refractivity contribution < 1.29 is 18.3 Å². The lowest BCUT2D eigenvalue weighted by Crippen LogP contribution is -2.29. The first-order valence-corrected chi connectivity index (χ1v) is 10.5. The van der Waals surface area contributed by atoms with Crippen molar-refractivity contribution in [1.82, 2.24) is 4.72 Å². The summed E-state index contributed by atoms with van der Waals surface area (Å²) >= 11 is 0. The summed E-state index contributed by atoms with van der Waals surface area (Å²) in [5.41, 5.74) is 3.42. The van der Waals surface area contributed by atoms with Crippen molar-refractivity contribution in [1.29, 1.82) is 0 Å². The highest BCUT2D eigenvalue weighted by molar-refractivity contribution is 7.91. The van der Waals surface area contributed by atoms with Crippen LogP contribution in [0.25, 0.3) is 0 Å². The molecule has 1 heterocycles. The molecule has 6 nitrogen and oxygen atoms in total. The lowest BCUT2D eigenvalue weighted by molar-refractivity contribution is 0.307. The van der Waals surface area contributed by atoms with Crippen molar-refractivity contribution in [3.05, 3.63) is 108 Å². The van der Waals surface area contributed by atoms with Gasteiger partial charge in [-0.3, -0.25) is 0 Å². The molecular formula is C22H20N2O4S. The van der Waals surface area contributed by atoms with E-state index >= 15 is 0 Å². The van der Waals surface area contributed by atoms with Crippen LogP contribution in [0.5, 0.6) is 5.75 Å². The van der Waals surface area contributed by atoms with E-state index in [0.29, 0.717) is 24.5 Å². The Hall–Kier alpha value is -3.45. The highest BCUT2D eigenvalue weighted by Gasteiger charge is 2.31. The second kappa shape index (κ2) is 7.89. The van der Waals surface area contributed by atoms with E-state index in [1.54, 1.807) is 6.07 Å². The standard InChI is InChI=1S/C22H20N2O4S/c25-22-15-24(29(26,27)23-22)20-12-11-19(13-17-7-3-1-4-8-17)14-21(20)28-16-18-9-5-2-6-10-18/h1-12,14-15,23,25H,13,16H2. The van der Waals surface area contributed by atoms with Gasteiger partial charge in [-0.2, -0.15) is 8.42 Å². The minimum atomic E-state index is -3.91. The van der Waals surface area contributed by atoms with Crippen LogP contribution in [0.3, 0.4) is 0 Å². The molecule has 0 atom stereocenters. The van der Waals surface area contributed by atoms with E-state index in [4.69, 9.17) is 4.74 Å². The summed E-state index contributed by atoms with van der Waals surface area (Å²) in [6.07, 6.45) is 1.81. The third kappa shape index (κ3) is 4.35. The fraction of sp³-hybridized carbons (Fsp3) is 0.0909. The van der Waals surface area contributed by atoms with Crippen molar-refractivity contribution >= 4 is 15.9 Å². The molecule has 29 heavy (non-hydrogen) atoms. The molecule has 0 bridgehead atoms. The largest absolute Gasteiger partial charge is 0.493 e. The van der Waals surface area contributed by atoms with E-state index in [1.807, 2.05) is 72.8 Å². The van der Waals surface area contributed by atoms with Crippen molar-refractivity contribution in [2.24, 2.45) is 0 Å². The smallest absolute Gasteiger partial charge is 0.330 e. The number of nitrogens with one attached hydrogen (secondary N) is 1. The zero-order chi connectivity index (χ0) is 20.3. The predicted molar refractivity (Wildman–Crippen MR) is 112 cm³/mol. The minimum Gasteiger partial charge on any atom is -0.493 e. The second-order valence-electron chi connectivity index (χ2n) is 6.66. The molecule has 0 radical (unpaired) electrons. The van der Waals surface area contributed by atoms with Gasteiger partial charge in [-0.15, -0.1) is 0 Å². The molecule has 3 aromatic rings. The summed E-state index contributed by atoms with van der Waals surface area (Å²) in [7, 11) is -3.91. The fourth-order valence-electron chi connectivity index (χ4n) is 3.12. The number of aliphatic hydroxyl groups excluding tert-OH is 1. The van der Waals surface area contributed by atoms with Gasteiger partial charge in [0, 0.05) is 0 Å². The SMILES string of the molecule is O=S1(=O)NC(O)=CN1c1ccc(Cc2ccccc2)cc1OCc1ccccc1. The summed E-state index contributed by atoms with van der Waals surface area (Å²) in [5.74, 6) is -0.0222. The Kier molecular flexibility index (Phi) is 5.14. The molecule has 0 aliphatic carbocycles. The first-order valence-electron chi connectivity index (χ1n) is 9.08. The molecule has 0 saturated carbocycles. The maximum absolute atomic E-state index is 12.3. The van der Waals surface area contributed by atoms with Crippen LogP contribution in [0.4, 0.5) is 5.69 Å². The van der Waals surface area contributed by atoms with E-state index in [1.165, 1.54) is 0 Å². The highest BCUT2D eigenvalue weighted by Crippen LogP contribution is 2.34. The number of ether oxygens (including phenoxy) is 1. The Morgan fingerprint density at radius 2 is 1.52 bits per heavy atom. The Morgan fingerprint density at radius 1 is 0.862 bits per heavy atom. The highest BCUT2D eigenvalue weighted by atomic mass is 32.2. The number of benzene rings is 3. The molecule has 0 fully saturated rings. The summed E-state index contributed by atoms with van der Waals surface area (Å²) in [6, 6.07) is 25.0. The number of hydrogen-bond donors (Lipinski definition) is 2. The van der Waals surface area contributed by atoms with Crippen molar-refractivity contribution in [3.63, 3.8) is 0 Å². The average Bonchev–Trinajstić information content (AvgIpc) is 3.00. The molecule has 0 aromatic heterocycles. The third-order valence-electron chi connectivity index (χ3n) is 4.48. The predicted octanol–water partition coefficient (Wildman–Crippen LogP) is 3.87. The van der Waals surface area contributed by atoms with Gasteiger partial charge in [0.05, 0.1) is 6.20 Å². The minimum absolute atomic E-state index is 0.291. The van der Waals surface area contributed by atoms with Gasteiger partial charge in [-0.25, -0.2) is 9.03 Å². The maximum atomic E-state index is 12.3. The fourth-order valence-corrected chi connectivity index (χ4v) is 4.18. The topological polar surface area (TPSA) is 78.9 Å². The molecule has 0 unspecified atom stereocenters. The van der Waals surface area contributed by atoms with Gasteiger partial charge < -0.3 is 9.84 Å². The van der Waals surface area contributed by atoms with Gasteiger partial charge in [0.1, 0.15) is 18.0 Å². The van der Waals surface area contributed by atoms with Crippen LogP contribution in [0, 0.1) is 0 Å². The van der Waals surface area contributed by atoms with Crippen LogP contribution in [0.1, 0.15) is 16.7 Å². The molecule has 3 aromatic carbocycles. The molecule has 0 spiro atoms. The summed E-state index contributed by atoms with van der Waals surface area (Å²) in [6.45, 7) is 0.291. The quantitative estimate of drug-likeness (QED) is 0.649. The number of rotatable bonds is 6. The molecule has 0 amide bonds. The van der Waals surface area contributed by atoms with Crippen LogP contribution < -0.4 is 13.8 Å². The zero-order valence-corrected chi connectivity index (χ0v) is 16.3. The summed E-state index contributed by atoms with van der Waals surface area (Å²) in [4.78, 5) is 0. The summed E-state index contributed by atoms with van der Waals surface area (Å²) < 4.78 is 33.7. The Balaban J connectivity index is 1.68. The van der Waals surface area contributed by atoms with Crippen molar-refractivity contribution in [3.8, 4) is 5.75 Å². The maximum Gasteiger partial charge on any atom is 0.330 e. The van der Waals surface area contributed by atoms with Gasteiger partial charge in [0.25, 0.3) is 0 Å². The molecule has 0 saturated heterocycles. The van der Waals surface area contributed by atoms with Crippen LogP contribution in [0.2, 0.25) is 0 Å². The number of aliphatic hydroxyl groups is 1. The first kappa shape index (κ1) is 18.9. The Labute approximate surface area is 169 Å². The molecular weight excluding hydrogens is 388 g/mol. The molecule has 2 N–H and O–H groups in total. The second-order valence-corrected chi connectivity index (χ2v) is 8.20. The third-order valence-corrected chi connectivity index (χ3v) is 5.77. The van der Waals surface area contributed by atoms with E-state index in [0.717, 1.165) is 27.2 Å². The number of anilines is 1. The molecule has 4 rings (SSSR count). The lowest BCUT2D eigenvalue weighted by atomic mass is 10.0. The molecule has 7 heteroatoms.